The van der Waals surface area contributed by atoms with Crippen molar-refractivity contribution in [3.05, 3.63) is 23.1 Å². The summed E-state index contributed by atoms with van der Waals surface area (Å²) in [5.74, 6) is 2.20. The van der Waals surface area contributed by atoms with Crippen LogP contribution in [0, 0.1) is 26.7 Å². The van der Waals surface area contributed by atoms with Crippen LogP contribution in [0.15, 0.2) is 10.6 Å². The SMILES string of the molecule is Cc1noc(-c2cc(C)c(C)nc2N2CCC(NC3CCCC3)C(CO)C2)n1. The van der Waals surface area contributed by atoms with Gasteiger partial charge in [0, 0.05) is 43.4 Å². The fourth-order valence-electron chi connectivity index (χ4n) is 4.52. The lowest BCUT2D eigenvalue weighted by molar-refractivity contribution is 0.166. The third-order valence-corrected chi connectivity index (χ3v) is 6.28. The van der Waals surface area contributed by atoms with Crippen molar-refractivity contribution in [1.29, 1.82) is 0 Å². The second kappa shape index (κ2) is 8.17. The summed E-state index contributed by atoms with van der Waals surface area (Å²) < 4.78 is 5.45. The number of hydrogen-bond donors (Lipinski definition) is 2. The van der Waals surface area contributed by atoms with Crippen molar-refractivity contribution < 1.29 is 9.63 Å². The Labute approximate surface area is 166 Å². The molecule has 7 nitrogen and oxygen atoms in total. The van der Waals surface area contributed by atoms with Gasteiger partial charge < -0.3 is 19.8 Å². The molecule has 1 aliphatic heterocycles. The lowest BCUT2D eigenvalue weighted by atomic mass is 9.91. The third-order valence-electron chi connectivity index (χ3n) is 6.28. The molecule has 2 aromatic heterocycles. The first kappa shape index (κ1) is 19.3. The third kappa shape index (κ3) is 3.91. The van der Waals surface area contributed by atoms with E-state index in [0.717, 1.165) is 42.1 Å². The van der Waals surface area contributed by atoms with Crippen LogP contribution in [0.2, 0.25) is 0 Å². The molecule has 1 saturated carbocycles. The minimum Gasteiger partial charge on any atom is -0.396 e. The highest BCUT2D eigenvalue weighted by atomic mass is 16.5. The Morgan fingerprint density at radius 1 is 1.18 bits per heavy atom. The van der Waals surface area contributed by atoms with E-state index in [9.17, 15) is 5.11 Å². The van der Waals surface area contributed by atoms with Gasteiger partial charge in [-0.1, -0.05) is 18.0 Å². The molecule has 0 spiro atoms. The van der Waals surface area contributed by atoms with Crippen molar-refractivity contribution in [2.75, 3.05) is 24.6 Å². The van der Waals surface area contributed by atoms with E-state index in [1.807, 2.05) is 20.8 Å². The first-order valence-corrected chi connectivity index (χ1v) is 10.5. The van der Waals surface area contributed by atoms with Gasteiger partial charge in [0.2, 0.25) is 0 Å². The number of aliphatic hydroxyl groups excluding tert-OH is 1. The maximum absolute atomic E-state index is 10.1. The minimum absolute atomic E-state index is 0.181. The number of pyridine rings is 1. The Morgan fingerprint density at radius 3 is 2.64 bits per heavy atom. The highest BCUT2D eigenvalue weighted by Crippen LogP contribution is 2.33. The molecule has 2 N–H and O–H groups in total. The molecular weight excluding hydrogens is 354 g/mol. The van der Waals surface area contributed by atoms with E-state index < -0.39 is 0 Å². The molecule has 0 aromatic carbocycles. The van der Waals surface area contributed by atoms with Gasteiger partial charge in [-0.15, -0.1) is 0 Å². The molecule has 2 unspecified atom stereocenters. The van der Waals surface area contributed by atoms with Gasteiger partial charge in [-0.3, -0.25) is 0 Å². The summed E-state index contributed by atoms with van der Waals surface area (Å²) in [6, 6.07) is 3.06. The number of anilines is 1. The highest BCUT2D eigenvalue weighted by molar-refractivity contribution is 5.71. The van der Waals surface area contributed by atoms with Gasteiger partial charge >= 0.3 is 0 Å². The maximum Gasteiger partial charge on any atom is 0.261 e. The average molecular weight is 386 g/mol. The molecule has 2 aromatic rings. The predicted molar refractivity (Wildman–Crippen MR) is 108 cm³/mol. The van der Waals surface area contributed by atoms with Gasteiger partial charge in [0.1, 0.15) is 5.82 Å². The van der Waals surface area contributed by atoms with Crippen LogP contribution in [0.1, 0.15) is 49.2 Å². The Morgan fingerprint density at radius 2 is 1.96 bits per heavy atom. The number of aromatic nitrogens is 3. The Hall–Kier alpha value is -1.99. The molecule has 28 heavy (non-hydrogen) atoms. The molecule has 3 heterocycles. The zero-order valence-electron chi connectivity index (χ0n) is 17.1. The topological polar surface area (TPSA) is 87.3 Å². The minimum atomic E-state index is 0.181. The maximum atomic E-state index is 10.1. The van der Waals surface area contributed by atoms with Crippen molar-refractivity contribution in [1.82, 2.24) is 20.4 Å². The molecule has 7 heteroatoms. The van der Waals surface area contributed by atoms with E-state index in [2.05, 4.69) is 26.4 Å². The summed E-state index contributed by atoms with van der Waals surface area (Å²) >= 11 is 0. The Bertz CT molecular complexity index is 815. The summed E-state index contributed by atoms with van der Waals surface area (Å²) in [5.41, 5.74) is 2.98. The molecule has 0 radical (unpaired) electrons. The average Bonchev–Trinajstić information content (AvgIpc) is 3.35. The van der Waals surface area contributed by atoms with Crippen LogP contribution in [0.3, 0.4) is 0 Å². The van der Waals surface area contributed by atoms with E-state index in [-0.39, 0.29) is 12.5 Å². The number of hydrogen-bond acceptors (Lipinski definition) is 7. The normalized spacial score (nSPS) is 23.5. The van der Waals surface area contributed by atoms with Crippen LogP contribution in [0.25, 0.3) is 11.5 Å². The standard InChI is InChI=1S/C21H31N5O2/c1-13-10-18(21-23-15(3)25-28-21)20(22-14(13)2)26-9-8-19(16(11-26)12-27)24-17-6-4-5-7-17/h10,16-17,19,24,27H,4-9,11-12H2,1-3H3. The second-order valence-corrected chi connectivity index (χ2v) is 8.34. The van der Waals surface area contributed by atoms with E-state index >= 15 is 0 Å². The molecule has 2 aliphatic rings. The summed E-state index contributed by atoms with van der Waals surface area (Å²) in [7, 11) is 0. The first-order valence-electron chi connectivity index (χ1n) is 10.5. The Balaban J connectivity index is 1.58. The van der Waals surface area contributed by atoms with Crippen molar-refractivity contribution in [3.8, 4) is 11.5 Å². The number of aryl methyl sites for hydroxylation is 3. The van der Waals surface area contributed by atoms with Crippen LogP contribution < -0.4 is 10.2 Å². The lowest BCUT2D eigenvalue weighted by Crippen LogP contribution is -2.53. The summed E-state index contributed by atoms with van der Waals surface area (Å²) in [6.45, 7) is 7.75. The van der Waals surface area contributed by atoms with Crippen LogP contribution in [0.5, 0.6) is 0 Å². The fraction of sp³-hybridized carbons (Fsp3) is 0.667. The fourth-order valence-corrected chi connectivity index (χ4v) is 4.52. The summed E-state index contributed by atoms with van der Waals surface area (Å²) in [4.78, 5) is 11.6. The number of aliphatic hydroxyl groups is 1. The van der Waals surface area contributed by atoms with E-state index in [4.69, 9.17) is 9.51 Å². The lowest BCUT2D eigenvalue weighted by Gasteiger charge is -2.40. The van der Waals surface area contributed by atoms with Gasteiger partial charge in [0.05, 0.1) is 5.56 Å². The van der Waals surface area contributed by atoms with Gasteiger partial charge in [0.15, 0.2) is 5.82 Å². The summed E-state index contributed by atoms with van der Waals surface area (Å²) in [5, 5.41) is 17.8. The molecule has 2 fully saturated rings. The van der Waals surface area contributed by atoms with Crippen molar-refractivity contribution in [2.24, 2.45) is 5.92 Å². The van der Waals surface area contributed by atoms with Gasteiger partial charge in [-0.2, -0.15) is 4.98 Å². The zero-order chi connectivity index (χ0) is 19.7. The highest BCUT2D eigenvalue weighted by Gasteiger charge is 2.33. The van der Waals surface area contributed by atoms with E-state index in [1.165, 1.54) is 25.7 Å². The molecule has 152 valence electrons. The quantitative estimate of drug-likeness (QED) is 0.818. The monoisotopic (exact) mass is 385 g/mol. The van der Waals surface area contributed by atoms with Crippen molar-refractivity contribution >= 4 is 5.82 Å². The molecule has 4 rings (SSSR count). The Kier molecular flexibility index (Phi) is 5.64. The number of nitrogens with zero attached hydrogens (tertiary/aromatic N) is 4. The second-order valence-electron chi connectivity index (χ2n) is 8.34. The molecule has 2 atom stereocenters. The zero-order valence-corrected chi connectivity index (χ0v) is 17.1. The molecular formula is C21H31N5O2. The molecule has 0 bridgehead atoms. The molecule has 1 saturated heterocycles. The van der Waals surface area contributed by atoms with E-state index in [1.54, 1.807) is 0 Å². The van der Waals surface area contributed by atoms with Crippen LogP contribution in [-0.4, -0.2) is 52.0 Å². The first-order chi connectivity index (χ1) is 13.5. The predicted octanol–water partition coefficient (Wildman–Crippen LogP) is 2.78. The van der Waals surface area contributed by atoms with Crippen LogP contribution >= 0.6 is 0 Å². The van der Waals surface area contributed by atoms with Crippen molar-refractivity contribution in [2.45, 2.75) is 65.0 Å². The largest absolute Gasteiger partial charge is 0.396 e. The molecule has 0 amide bonds. The summed E-state index contributed by atoms with van der Waals surface area (Å²) in [6.07, 6.45) is 6.16. The van der Waals surface area contributed by atoms with Gasteiger partial charge in [-0.05, 0) is 51.7 Å². The van der Waals surface area contributed by atoms with Gasteiger partial charge in [0.25, 0.3) is 5.89 Å². The van der Waals surface area contributed by atoms with E-state index in [0.29, 0.717) is 23.8 Å². The number of nitrogens with one attached hydrogen (secondary N) is 1. The van der Waals surface area contributed by atoms with Crippen LogP contribution in [-0.2, 0) is 0 Å². The number of rotatable bonds is 5. The van der Waals surface area contributed by atoms with Crippen molar-refractivity contribution in [3.63, 3.8) is 0 Å². The van der Waals surface area contributed by atoms with Gasteiger partial charge in [-0.25, -0.2) is 4.98 Å². The number of piperidine rings is 1. The molecule has 1 aliphatic carbocycles. The van der Waals surface area contributed by atoms with Crippen LogP contribution in [0.4, 0.5) is 5.82 Å². The smallest absolute Gasteiger partial charge is 0.261 e.